The van der Waals surface area contributed by atoms with Crippen molar-refractivity contribution in [2.45, 2.75) is 19.3 Å². The number of benzene rings is 3. The van der Waals surface area contributed by atoms with Gasteiger partial charge in [0.25, 0.3) is 5.91 Å². The van der Waals surface area contributed by atoms with Gasteiger partial charge in [0.1, 0.15) is 0 Å². The van der Waals surface area contributed by atoms with Crippen molar-refractivity contribution in [3.05, 3.63) is 82.9 Å². The van der Waals surface area contributed by atoms with Crippen LogP contribution in [0.2, 0.25) is 5.02 Å². The van der Waals surface area contributed by atoms with Gasteiger partial charge in [-0.05, 0) is 53.4 Å². The molecule has 0 spiro atoms. The molecule has 1 atom stereocenters. The molecule has 1 heterocycles. The van der Waals surface area contributed by atoms with E-state index in [1.54, 1.807) is 29.2 Å². The Kier molecular flexibility index (Phi) is 6.71. The lowest BCUT2D eigenvalue weighted by molar-refractivity contribution is -0.131. The Bertz CT molecular complexity index is 1140. The lowest BCUT2D eigenvalue weighted by Gasteiger charge is -2.32. The lowest BCUT2D eigenvalue weighted by Crippen LogP contribution is -2.50. The number of amides is 3. The first kappa shape index (κ1) is 21.8. The predicted molar refractivity (Wildman–Crippen MR) is 124 cm³/mol. The molecule has 32 heavy (non-hydrogen) atoms. The molecule has 0 saturated carbocycles. The summed E-state index contributed by atoms with van der Waals surface area (Å²) in [5.74, 6) is -1.08. The first-order chi connectivity index (χ1) is 15.5. The summed E-state index contributed by atoms with van der Waals surface area (Å²) in [6.45, 7) is 0.908. The average molecular weight is 450 g/mol. The van der Waals surface area contributed by atoms with Crippen LogP contribution in [0.4, 0.5) is 0 Å². The van der Waals surface area contributed by atoms with Crippen LogP contribution in [0.5, 0.6) is 0 Å². The maximum Gasteiger partial charge on any atom is 0.253 e. The Balaban J connectivity index is 1.32. The van der Waals surface area contributed by atoms with Crippen molar-refractivity contribution in [2.24, 2.45) is 5.92 Å². The summed E-state index contributed by atoms with van der Waals surface area (Å²) in [4.78, 5) is 39.5. The number of fused-ring (bicyclic) bond motifs is 1. The minimum atomic E-state index is -0.377. The summed E-state index contributed by atoms with van der Waals surface area (Å²) in [6, 6.07) is 20.4. The molecule has 3 amide bonds. The summed E-state index contributed by atoms with van der Waals surface area (Å²) in [5, 5.41) is 2.64. The van der Waals surface area contributed by atoms with Gasteiger partial charge in [-0.1, -0.05) is 54.1 Å². The van der Waals surface area contributed by atoms with Crippen LogP contribution >= 0.6 is 11.6 Å². The standard InChI is InChI=1S/C25H24ClN3O3/c26-21-12-10-18(11-13-21)25(32)29-14-4-8-20(16-29)24(31)28-27-23(30)15-19-7-3-6-17-5-1-2-9-22(17)19/h1-3,5-7,9-13,20H,4,8,14-16H2,(H,27,30)(H,28,31). The third kappa shape index (κ3) is 5.08. The third-order valence-corrected chi connectivity index (χ3v) is 5.98. The van der Waals surface area contributed by atoms with E-state index in [9.17, 15) is 14.4 Å². The molecule has 2 N–H and O–H groups in total. The molecule has 0 aliphatic carbocycles. The topological polar surface area (TPSA) is 78.5 Å². The summed E-state index contributed by atoms with van der Waals surface area (Å²) < 4.78 is 0. The van der Waals surface area contributed by atoms with E-state index >= 15 is 0 Å². The molecule has 7 heteroatoms. The van der Waals surface area contributed by atoms with E-state index in [1.165, 1.54) is 0 Å². The largest absolute Gasteiger partial charge is 0.338 e. The maximum atomic E-state index is 12.7. The molecule has 0 bridgehead atoms. The van der Waals surface area contributed by atoms with E-state index in [0.717, 1.165) is 22.8 Å². The maximum absolute atomic E-state index is 12.7. The highest BCUT2D eigenvalue weighted by molar-refractivity contribution is 6.30. The fourth-order valence-electron chi connectivity index (χ4n) is 4.05. The third-order valence-electron chi connectivity index (χ3n) is 5.73. The van der Waals surface area contributed by atoms with Gasteiger partial charge >= 0.3 is 0 Å². The minimum Gasteiger partial charge on any atom is -0.338 e. The van der Waals surface area contributed by atoms with E-state index < -0.39 is 0 Å². The summed E-state index contributed by atoms with van der Waals surface area (Å²) in [7, 11) is 0. The fourth-order valence-corrected chi connectivity index (χ4v) is 4.17. The normalized spacial score (nSPS) is 15.9. The second-order valence-corrected chi connectivity index (χ2v) is 8.39. The number of hydrazine groups is 1. The smallest absolute Gasteiger partial charge is 0.253 e. The molecule has 1 aliphatic heterocycles. The molecule has 3 aromatic rings. The molecular weight excluding hydrogens is 426 g/mol. The molecular formula is C25H24ClN3O3. The van der Waals surface area contributed by atoms with Gasteiger partial charge in [-0.25, -0.2) is 0 Å². The average Bonchev–Trinajstić information content (AvgIpc) is 2.83. The molecule has 164 valence electrons. The number of carbonyl (C=O) groups excluding carboxylic acids is 3. The van der Waals surface area contributed by atoms with Gasteiger partial charge in [0.15, 0.2) is 0 Å². The molecule has 0 aromatic heterocycles. The SMILES string of the molecule is O=C(Cc1cccc2ccccc12)NNC(=O)C1CCCN(C(=O)c2ccc(Cl)cc2)C1. The van der Waals surface area contributed by atoms with Crippen molar-refractivity contribution in [1.82, 2.24) is 15.8 Å². The zero-order valence-electron chi connectivity index (χ0n) is 17.5. The molecule has 1 unspecified atom stereocenters. The monoisotopic (exact) mass is 449 g/mol. The zero-order chi connectivity index (χ0) is 22.5. The minimum absolute atomic E-state index is 0.126. The van der Waals surface area contributed by atoms with E-state index in [4.69, 9.17) is 11.6 Å². The van der Waals surface area contributed by atoms with Crippen LogP contribution in [0, 0.1) is 5.92 Å². The quantitative estimate of drug-likeness (QED) is 0.595. The number of rotatable bonds is 4. The number of piperidine rings is 1. The van der Waals surface area contributed by atoms with E-state index in [-0.39, 0.29) is 30.1 Å². The number of likely N-dealkylation sites (tertiary alicyclic amines) is 1. The summed E-state index contributed by atoms with van der Waals surface area (Å²) in [5.41, 5.74) is 6.49. The van der Waals surface area contributed by atoms with Crippen LogP contribution < -0.4 is 10.9 Å². The van der Waals surface area contributed by atoms with Crippen molar-refractivity contribution < 1.29 is 14.4 Å². The molecule has 1 fully saturated rings. The molecule has 6 nitrogen and oxygen atoms in total. The Labute approximate surface area is 191 Å². The van der Waals surface area contributed by atoms with Gasteiger partial charge in [-0.15, -0.1) is 0 Å². The van der Waals surface area contributed by atoms with Gasteiger partial charge in [-0.3, -0.25) is 25.2 Å². The fraction of sp³-hybridized carbons (Fsp3) is 0.240. The molecule has 0 radical (unpaired) electrons. The number of hydrogen-bond acceptors (Lipinski definition) is 3. The first-order valence-corrected chi connectivity index (χ1v) is 11.0. The van der Waals surface area contributed by atoms with Crippen LogP contribution in [0.25, 0.3) is 10.8 Å². The second kappa shape index (κ2) is 9.83. The number of nitrogens with one attached hydrogen (secondary N) is 2. The van der Waals surface area contributed by atoms with Crippen molar-refractivity contribution in [3.63, 3.8) is 0 Å². The summed E-state index contributed by atoms with van der Waals surface area (Å²) in [6.07, 6.45) is 1.55. The number of halogens is 1. The lowest BCUT2D eigenvalue weighted by atomic mass is 9.96. The van der Waals surface area contributed by atoms with Crippen LogP contribution in [0.1, 0.15) is 28.8 Å². The second-order valence-electron chi connectivity index (χ2n) is 7.95. The molecule has 4 rings (SSSR count). The van der Waals surface area contributed by atoms with Crippen LogP contribution in [-0.4, -0.2) is 35.7 Å². The Morgan fingerprint density at radius 2 is 1.69 bits per heavy atom. The van der Waals surface area contributed by atoms with Crippen LogP contribution in [-0.2, 0) is 16.0 Å². The predicted octanol–water partition coefficient (Wildman–Crippen LogP) is 3.74. The Hall–Kier alpha value is -3.38. The number of carbonyl (C=O) groups is 3. The first-order valence-electron chi connectivity index (χ1n) is 10.6. The van der Waals surface area contributed by atoms with Gasteiger partial charge in [0.05, 0.1) is 12.3 Å². The van der Waals surface area contributed by atoms with Crippen molar-refractivity contribution in [1.29, 1.82) is 0 Å². The Morgan fingerprint density at radius 1 is 0.938 bits per heavy atom. The zero-order valence-corrected chi connectivity index (χ0v) is 18.3. The van der Waals surface area contributed by atoms with Gasteiger partial charge in [0, 0.05) is 23.7 Å². The molecule has 3 aromatic carbocycles. The molecule has 1 saturated heterocycles. The summed E-state index contributed by atoms with van der Waals surface area (Å²) >= 11 is 5.89. The number of nitrogens with zero attached hydrogens (tertiary/aromatic N) is 1. The number of hydrogen-bond donors (Lipinski definition) is 2. The highest BCUT2D eigenvalue weighted by Crippen LogP contribution is 2.20. The van der Waals surface area contributed by atoms with Gasteiger partial charge < -0.3 is 4.90 Å². The van der Waals surface area contributed by atoms with E-state index in [0.29, 0.717) is 30.1 Å². The Morgan fingerprint density at radius 3 is 2.50 bits per heavy atom. The van der Waals surface area contributed by atoms with Gasteiger partial charge in [-0.2, -0.15) is 0 Å². The van der Waals surface area contributed by atoms with Crippen molar-refractivity contribution in [2.75, 3.05) is 13.1 Å². The molecule has 1 aliphatic rings. The highest BCUT2D eigenvalue weighted by atomic mass is 35.5. The van der Waals surface area contributed by atoms with Crippen LogP contribution in [0.3, 0.4) is 0 Å². The van der Waals surface area contributed by atoms with E-state index in [1.807, 2.05) is 42.5 Å². The van der Waals surface area contributed by atoms with Crippen molar-refractivity contribution >= 4 is 40.1 Å². The highest BCUT2D eigenvalue weighted by Gasteiger charge is 2.29. The van der Waals surface area contributed by atoms with Crippen molar-refractivity contribution in [3.8, 4) is 0 Å². The van der Waals surface area contributed by atoms with Gasteiger partial charge in [0.2, 0.25) is 11.8 Å². The van der Waals surface area contributed by atoms with E-state index in [2.05, 4.69) is 10.9 Å². The van der Waals surface area contributed by atoms with Crippen LogP contribution in [0.15, 0.2) is 66.7 Å².